The molecule has 0 atom stereocenters. The van der Waals surface area contributed by atoms with Crippen LogP contribution in [0, 0.1) is 0 Å². The van der Waals surface area contributed by atoms with Gasteiger partial charge in [-0.05, 0) is 70.4 Å². The van der Waals surface area contributed by atoms with E-state index in [1.54, 1.807) is 31.2 Å². The lowest BCUT2D eigenvalue weighted by molar-refractivity contribution is 0.0527. The van der Waals surface area contributed by atoms with Crippen molar-refractivity contribution in [2.45, 2.75) is 70.4 Å². The summed E-state index contributed by atoms with van der Waals surface area (Å²) in [5, 5.41) is 9.39. The summed E-state index contributed by atoms with van der Waals surface area (Å²) in [4.78, 5) is 36.5. The monoisotopic (exact) mass is 480 g/mol. The number of hydrogen-bond acceptors (Lipinski definition) is 7. The van der Waals surface area contributed by atoms with Crippen molar-refractivity contribution in [1.29, 1.82) is 0 Å². The molecule has 0 bridgehead atoms. The highest BCUT2D eigenvalue weighted by molar-refractivity contribution is 6.00. The van der Waals surface area contributed by atoms with Gasteiger partial charge in [0.15, 0.2) is 0 Å². The number of ether oxygens (including phenoxy) is 1. The highest BCUT2D eigenvalue weighted by atomic mass is 16.5. The first-order chi connectivity index (χ1) is 16.9. The molecule has 9 nitrogen and oxygen atoms in total. The number of carbonyl (C=O) groups is 2. The number of fused-ring (bicyclic) bond motifs is 1. The molecule has 1 saturated carbocycles. The van der Waals surface area contributed by atoms with Crippen LogP contribution in [-0.2, 0) is 17.6 Å². The minimum atomic E-state index is -0.447. The second-order valence-corrected chi connectivity index (χ2v) is 9.46. The fraction of sp³-hybridized carbons (Fsp3) is 0.538. The maximum absolute atomic E-state index is 12.6. The van der Waals surface area contributed by atoms with Crippen molar-refractivity contribution in [2.75, 3.05) is 36.2 Å². The van der Waals surface area contributed by atoms with Gasteiger partial charge in [0.1, 0.15) is 5.82 Å². The number of rotatable bonds is 7. The highest BCUT2D eigenvalue weighted by Crippen LogP contribution is 2.29. The Morgan fingerprint density at radius 3 is 2.49 bits per heavy atom. The lowest BCUT2D eigenvalue weighted by Gasteiger charge is -2.30. The zero-order valence-electron chi connectivity index (χ0n) is 20.9. The Labute approximate surface area is 207 Å². The predicted octanol–water partition coefficient (Wildman–Crippen LogP) is 4.14. The van der Waals surface area contributed by atoms with E-state index in [1.807, 2.05) is 14.1 Å². The molecule has 1 aromatic heterocycles. The molecule has 3 N–H and O–H groups in total. The van der Waals surface area contributed by atoms with E-state index >= 15 is 0 Å². The van der Waals surface area contributed by atoms with Crippen LogP contribution < -0.4 is 20.9 Å². The number of urea groups is 1. The molecular formula is C26H36N6O3. The van der Waals surface area contributed by atoms with Gasteiger partial charge < -0.3 is 25.6 Å². The summed E-state index contributed by atoms with van der Waals surface area (Å²) in [7, 11) is 4.07. The van der Waals surface area contributed by atoms with E-state index in [0.29, 0.717) is 17.2 Å². The summed E-state index contributed by atoms with van der Waals surface area (Å²) in [5.41, 5.74) is 3.25. The third-order valence-corrected chi connectivity index (χ3v) is 6.65. The fourth-order valence-electron chi connectivity index (χ4n) is 4.90. The first kappa shape index (κ1) is 24.8. The Morgan fingerprint density at radius 2 is 1.74 bits per heavy atom. The molecule has 4 rings (SSSR count). The van der Waals surface area contributed by atoms with Crippen LogP contribution >= 0.6 is 0 Å². The van der Waals surface area contributed by atoms with Gasteiger partial charge in [-0.3, -0.25) is 0 Å². The standard InChI is InChI=1S/C26H36N6O3/c1-4-35-24(33)20-10-6-8-12-22(20)30-26(34)28-18-15-13-17(14-16-18)27-25-29-21-11-7-5-9-19(21)23(31-25)32(2)3/h6,8,10,12,17-18H,4-5,7,9,11,13-16H2,1-3H3,(H,27,29,31)(H2,28,30,34)/t17-,18+. The van der Waals surface area contributed by atoms with Gasteiger partial charge in [-0.2, -0.15) is 4.98 Å². The molecule has 188 valence electrons. The zero-order chi connectivity index (χ0) is 24.8. The largest absolute Gasteiger partial charge is 0.462 e. The second-order valence-electron chi connectivity index (χ2n) is 9.46. The van der Waals surface area contributed by atoms with Gasteiger partial charge in [0.25, 0.3) is 0 Å². The van der Waals surface area contributed by atoms with Gasteiger partial charge in [0.05, 0.1) is 23.6 Å². The topological polar surface area (TPSA) is 108 Å². The smallest absolute Gasteiger partial charge is 0.340 e. The first-order valence-corrected chi connectivity index (χ1v) is 12.6. The van der Waals surface area contributed by atoms with E-state index in [1.165, 1.54) is 24.1 Å². The molecule has 2 amide bonds. The van der Waals surface area contributed by atoms with Crippen molar-refractivity contribution in [3.8, 4) is 0 Å². The van der Waals surface area contributed by atoms with Gasteiger partial charge in [-0.1, -0.05) is 12.1 Å². The maximum Gasteiger partial charge on any atom is 0.340 e. The number of nitrogens with zero attached hydrogens (tertiary/aromatic N) is 3. The number of aromatic nitrogens is 2. The van der Waals surface area contributed by atoms with Crippen LogP contribution in [0.1, 0.15) is 67.1 Å². The Morgan fingerprint density at radius 1 is 1.03 bits per heavy atom. The maximum atomic E-state index is 12.6. The van der Waals surface area contributed by atoms with Gasteiger partial charge in [-0.15, -0.1) is 0 Å². The zero-order valence-corrected chi connectivity index (χ0v) is 20.9. The summed E-state index contributed by atoms with van der Waals surface area (Å²) in [6, 6.07) is 6.91. The van der Waals surface area contributed by atoms with Gasteiger partial charge in [-0.25, -0.2) is 14.6 Å². The van der Waals surface area contributed by atoms with E-state index in [9.17, 15) is 9.59 Å². The van der Waals surface area contributed by atoms with Crippen molar-refractivity contribution in [3.63, 3.8) is 0 Å². The molecule has 0 aliphatic heterocycles. The number of benzene rings is 1. The van der Waals surface area contributed by atoms with Crippen LogP contribution in [0.5, 0.6) is 0 Å². The van der Waals surface area contributed by atoms with Crippen LogP contribution in [0.4, 0.5) is 22.2 Å². The van der Waals surface area contributed by atoms with Crippen molar-refractivity contribution in [3.05, 3.63) is 41.1 Å². The number of carbonyl (C=O) groups excluding carboxylic acids is 2. The molecule has 0 unspecified atom stereocenters. The number of hydrogen-bond donors (Lipinski definition) is 3. The fourth-order valence-corrected chi connectivity index (χ4v) is 4.90. The normalized spacial score (nSPS) is 19.3. The number of aryl methyl sites for hydroxylation is 1. The number of esters is 1. The predicted molar refractivity (Wildman–Crippen MR) is 137 cm³/mol. The average Bonchev–Trinajstić information content (AvgIpc) is 2.85. The number of amides is 2. The summed E-state index contributed by atoms with van der Waals surface area (Å²) in [6.45, 7) is 2.04. The molecule has 2 aliphatic rings. The molecule has 35 heavy (non-hydrogen) atoms. The summed E-state index contributed by atoms with van der Waals surface area (Å²) in [5.74, 6) is 1.28. The molecular weight excluding hydrogens is 444 g/mol. The van der Waals surface area contributed by atoms with Crippen LogP contribution in [0.2, 0.25) is 0 Å². The van der Waals surface area contributed by atoms with E-state index in [-0.39, 0.29) is 24.7 Å². The van der Waals surface area contributed by atoms with Crippen molar-refractivity contribution in [1.82, 2.24) is 15.3 Å². The Bertz CT molecular complexity index is 1050. The Balaban J connectivity index is 1.30. The molecule has 2 aliphatic carbocycles. The van der Waals surface area contributed by atoms with Crippen LogP contribution in [0.25, 0.3) is 0 Å². The summed E-state index contributed by atoms with van der Waals surface area (Å²) >= 11 is 0. The third kappa shape index (κ3) is 6.21. The lowest BCUT2D eigenvalue weighted by Crippen LogP contribution is -2.42. The summed E-state index contributed by atoms with van der Waals surface area (Å²) < 4.78 is 5.08. The molecule has 2 aromatic rings. The van der Waals surface area contributed by atoms with Crippen LogP contribution in [0.3, 0.4) is 0 Å². The molecule has 1 heterocycles. The van der Waals surface area contributed by atoms with E-state index in [0.717, 1.165) is 44.3 Å². The number of nitrogens with one attached hydrogen (secondary N) is 3. The van der Waals surface area contributed by atoms with E-state index < -0.39 is 5.97 Å². The molecule has 0 spiro atoms. The van der Waals surface area contributed by atoms with Crippen molar-refractivity contribution >= 4 is 29.5 Å². The number of para-hydroxylation sites is 1. The van der Waals surface area contributed by atoms with Crippen LogP contribution in [-0.4, -0.2) is 54.8 Å². The minimum Gasteiger partial charge on any atom is -0.462 e. The molecule has 9 heteroatoms. The second kappa shape index (κ2) is 11.4. The van der Waals surface area contributed by atoms with Crippen molar-refractivity contribution < 1.29 is 14.3 Å². The quantitative estimate of drug-likeness (QED) is 0.511. The lowest BCUT2D eigenvalue weighted by atomic mass is 9.91. The minimum absolute atomic E-state index is 0.0737. The molecule has 1 fully saturated rings. The molecule has 1 aromatic carbocycles. The van der Waals surface area contributed by atoms with E-state index in [4.69, 9.17) is 14.7 Å². The molecule has 0 saturated heterocycles. The Hall–Kier alpha value is -3.36. The first-order valence-electron chi connectivity index (χ1n) is 12.6. The van der Waals surface area contributed by atoms with E-state index in [2.05, 4.69) is 20.9 Å². The van der Waals surface area contributed by atoms with Gasteiger partial charge >= 0.3 is 12.0 Å². The third-order valence-electron chi connectivity index (χ3n) is 6.65. The highest BCUT2D eigenvalue weighted by Gasteiger charge is 2.25. The van der Waals surface area contributed by atoms with Crippen molar-refractivity contribution in [2.24, 2.45) is 0 Å². The Kier molecular flexibility index (Phi) is 8.05. The summed E-state index contributed by atoms with van der Waals surface area (Å²) in [6.07, 6.45) is 7.99. The van der Waals surface area contributed by atoms with Crippen LogP contribution in [0.15, 0.2) is 24.3 Å². The van der Waals surface area contributed by atoms with Gasteiger partial charge in [0.2, 0.25) is 5.95 Å². The van der Waals surface area contributed by atoms with Gasteiger partial charge in [0, 0.05) is 31.7 Å². The SMILES string of the molecule is CCOC(=O)c1ccccc1NC(=O)N[C@H]1CC[C@@H](Nc2nc3c(c(N(C)C)n2)CCCC3)CC1. The average molecular weight is 481 g/mol. The number of anilines is 3. The molecule has 0 radical (unpaired) electrons.